The molecule has 1 rings (SSSR count). The van der Waals surface area contributed by atoms with Crippen molar-refractivity contribution >= 4 is 0 Å². The third-order valence-electron chi connectivity index (χ3n) is 2.71. The molecule has 0 bridgehead atoms. The highest BCUT2D eigenvalue weighted by Gasteiger charge is 2.10. The fourth-order valence-electron chi connectivity index (χ4n) is 1.85. The Hall–Kier alpha value is -0.960. The van der Waals surface area contributed by atoms with Crippen LogP contribution < -0.4 is 5.32 Å². The van der Waals surface area contributed by atoms with E-state index in [4.69, 9.17) is 0 Å². The Kier molecular flexibility index (Phi) is 6.01. The first-order chi connectivity index (χ1) is 7.74. The summed E-state index contributed by atoms with van der Waals surface area (Å²) in [6.07, 6.45) is 9.12. The van der Waals surface area contributed by atoms with Crippen LogP contribution in [0, 0.1) is 5.92 Å². The molecule has 90 valence electrons. The summed E-state index contributed by atoms with van der Waals surface area (Å²) in [6.45, 7) is 7.67. The monoisotopic (exact) mass is 221 g/mol. The highest BCUT2D eigenvalue weighted by atomic mass is 14.9. The zero-order valence-corrected chi connectivity index (χ0v) is 10.6. The summed E-state index contributed by atoms with van der Waals surface area (Å²) in [5.74, 6) is 0.786. The molecule has 0 spiro atoms. The van der Waals surface area contributed by atoms with Crippen LogP contribution >= 0.6 is 0 Å². The molecule has 0 radical (unpaired) electrons. The minimum absolute atomic E-state index is 0.407. The van der Waals surface area contributed by atoms with Gasteiger partial charge in [-0.05, 0) is 18.9 Å². The lowest BCUT2D eigenvalue weighted by Crippen LogP contribution is -2.21. The predicted octanol–water partition coefficient (Wildman–Crippen LogP) is 2.95. The van der Waals surface area contributed by atoms with Crippen molar-refractivity contribution in [3.63, 3.8) is 0 Å². The van der Waals surface area contributed by atoms with Gasteiger partial charge in [-0.25, -0.2) is 9.97 Å². The maximum atomic E-state index is 4.08. The number of rotatable bonds is 7. The lowest BCUT2D eigenvalue weighted by molar-refractivity contribution is 0.454. The quantitative estimate of drug-likeness (QED) is 0.769. The lowest BCUT2D eigenvalue weighted by Gasteiger charge is -2.17. The van der Waals surface area contributed by atoms with Crippen molar-refractivity contribution in [1.29, 1.82) is 0 Å². The first-order valence-corrected chi connectivity index (χ1v) is 6.22. The molecule has 1 aromatic rings. The molecular formula is C13H23N3. The van der Waals surface area contributed by atoms with Gasteiger partial charge in [0.15, 0.2) is 0 Å². The van der Waals surface area contributed by atoms with Crippen molar-refractivity contribution in [1.82, 2.24) is 15.3 Å². The molecule has 16 heavy (non-hydrogen) atoms. The smallest absolute Gasteiger partial charge is 0.115 e. The van der Waals surface area contributed by atoms with E-state index in [0.717, 1.165) is 12.5 Å². The van der Waals surface area contributed by atoms with E-state index in [1.807, 2.05) is 12.4 Å². The molecule has 3 nitrogen and oxygen atoms in total. The summed E-state index contributed by atoms with van der Waals surface area (Å²) >= 11 is 0. The van der Waals surface area contributed by atoms with Crippen LogP contribution in [0.1, 0.15) is 51.6 Å². The van der Waals surface area contributed by atoms with E-state index in [1.54, 1.807) is 6.33 Å². The molecule has 0 fully saturated rings. The Balaban J connectivity index is 2.48. The van der Waals surface area contributed by atoms with Crippen molar-refractivity contribution in [2.75, 3.05) is 6.54 Å². The molecule has 1 heterocycles. The van der Waals surface area contributed by atoms with Crippen molar-refractivity contribution < 1.29 is 0 Å². The fraction of sp³-hybridized carbons (Fsp3) is 0.692. The van der Waals surface area contributed by atoms with Crippen LogP contribution in [0.2, 0.25) is 0 Å². The van der Waals surface area contributed by atoms with Gasteiger partial charge < -0.3 is 5.32 Å². The van der Waals surface area contributed by atoms with Gasteiger partial charge in [-0.3, -0.25) is 0 Å². The van der Waals surface area contributed by atoms with E-state index in [0.29, 0.717) is 6.04 Å². The van der Waals surface area contributed by atoms with Crippen LogP contribution in [0.25, 0.3) is 0 Å². The Labute approximate surface area is 98.7 Å². The maximum absolute atomic E-state index is 4.08. The second-order valence-electron chi connectivity index (χ2n) is 4.61. The fourth-order valence-corrected chi connectivity index (χ4v) is 1.85. The first-order valence-electron chi connectivity index (χ1n) is 6.22. The predicted molar refractivity (Wildman–Crippen MR) is 67.1 cm³/mol. The number of nitrogens with one attached hydrogen (secondary N) is 1. The van der Waals surface area contributed by atoms with Crippen LogP contribution in [-0.2, 0) is 0 Å². The second-order valence-corrected chi connectivity index (χ2v) is 4.61. The van der Waals surface area contributed by atoms with E-state index in [9.17, 15) is 0 Å². The van der Waals surface area contributed by atoms with Gasteiger partial charge >= 0.3 is 0 Å². The van der Waals surface area contributed by atoms with E-state index in [2.05, 4.69) is 36.1 Å². The average molecular weight is 221 g/mol. The van der Waals surface area contributed by atoms with Crippen molar-refractivity contribution in [3.8, 4) is 0 Å². The molecule has 3 heteroatoms. The van der Waals surface area contributed by atoms with Crippen LogP contribution in [-0.4, -0.2) is 16.5 Å². The van der Waals surface area contributed by atoms with E-state index >= 15 is 0 Å². The van der Waals surface area contributed by atoms with Crippen molar-refractivity contribution in [3.05, 3.63) is 24.3 Å². The van der Waals surface area contributed by atoms with Gasteiger partial charge in [-0.15, -0.1) is 0 Å². The lowest BCUT2D eigenvalue weighted by atomic mass is 10.00. The Bertz CT molecular complexity index is 272. The molecule has 0 aliphatic rings. The van der Waals surface area contributed by atoms with Crippen molar-refractivity contribution in [2.24, 2.45) is 5.92 Å². The summed E-state index contributed by atoms with van der Waals surface area (Å²) < 4.78 is 0. The third kappa shape index (κ3) is 4.71. The van der Waals surface area contributed by atoms with Crippen LogP contribution in [0.15, 0.2) is 18.7 Å². The SMILES string of the molecule is CCNC(CCCC(C)C)c1cncnc1. The molecule has 1 unspecified atom stereocenters. The zero-order valence-electron chi connectivity index (χ0n) is 10.6. The summed E-state index contributed by atoms with van der Waals surface area (Å²) in [5, 5.41) is 3.49. The van der Waals surface area contributed by atoms with Gasteiger partial charge in [0.1, 0.15) is 6.33 Å². The molecule has 0 amide bonds. The molecule has 1 aromatic heterocycles. The van der Waals surface area contributed by atoms with Crippen LogP contribution in [0.3, 0.4) is 0 Å². The third-order valence-corrected chi connectivity index (χ3v) is 2.71. The van der Waals surface area contributed by atoms with Gasteiger partial charge in [-0.2, -0.15) is 0 Å². The molecule has 0 aliphatic heterocycles. The number of hydrogen-bond acceptors (Lipinski definition) is 3. The largest absolute Gasteiger partial charge is 0.310 e. The molecule has 0 saturated heterocycles. The Morgan fingerprint density at radius 2 is 1.88 bits per heavy atom. The summed E-state index contributed by atoms with van der Waals surface area (Å²) in [6, 6.07) is 0.407. The molecule has 1 atom stereocenters. The maximum Gasteiger partial charge on any atom is 0.115 e. The van der Waals surface area contributed by atoms with Gasteiger partial charge in [0.05, 0.1) is 0 Å². The molecule has 0 saturated carbocycles. The minimum atomic E-state index is 0.407. The van der Waals surface area contributed by atoms with Gasteiger partial charge in [-0.1, -0.05) is 33.6 Å². The molecule has 1 N–H and O–H groups in total. The Morgan fingerprint density at radius 3 is 2.44 bits per heavy atom. The van der Waals surface area contributed by atoms with E-state index in [1.165, 1.54) is 24.8 Å². The highest BCUT2D eigenvalue weighted by Crippen LogP contribution is 2.19. The van der Waals surface area contributed by atoms with Gasteiger partial charge in [0.25, 0.3) is 0 Å². The second kappa shape index (κ2) is 7.34. The van der Waals surface area contributed by atoms with Crippen LogP contribution in [0.5, 0.6) is 0 Å². The average Bonchev–Trinajstić information content (AvgIpc) is 2.29. The Morgan fingerprint density at radius 1 is 1.19 bits per heavy atom. The van der Waals surface area contributed by atoms with E-state index < -0.39 is 0 Å². The van der Waals surface area contributed by atoms with Gasteiger partial charge in [0.2, 0.25) is 0 Å². The number of aromatic nitrogens is 2. The number of nitrogens with zero attached hydrogens (tertiary/aromatic N) is 2. The molecule has 0 aromatic carbocycles. The van der Waals surface area contributed by atoms with E-state index in [-0.39, 0.29) is 0 Å². The normalized spacial score (nSPS) is 13.0. The van der Waals surface area contributed by atoms with Crippen LogP contribution in [0.4, 0.5) is 0 Å². The summed E-state index contributed by atoms with van der Waals surface area (Å²) in [7, 11) is 0. The standard InChI is InChI=1S/C13H23N3/c1-4-16-13(7-5-6-11(2)3)12-8-14-10-15-9-12/h8-11,13,16H,4-7H2,1-3H3. The summed E-state index contributed by atoms with van der Waals surface area (Å²) in [4.78, 5) is 8.16. The molecular weight excluding hydrogens is 198 g/mol. The minimum Gasteiger partial charge on any atom is -0.310 e. The van der Waals surface area contributed by atoms with Gasteiger partial charge in [0, 0.05) is 24.0 Å². The topological polar surface area (TPSA) is 37.8 Å². The van der Waals surface area contributed by atoms with Crippen molar-refractivity contribution in [2.45, 2.75) is 46.1 Å². The number of hydrogen-bond donors (Lipinski definition) is 1. The first kappa shape index (κ1) is 13.1. The molecule has 0 aliphatic carbocycles. The zero-order chi connectivity index (χ0) is 11.8. The summed E-state index contributed by atoms with van der Waals surface area (Å²) in [5.41, 5.74) is 1.20. The highest BCUT2D eigenvalue weighted by molar-refractivity contribution is 5.08.